The average molecular weight is 788 g/mol. The lowest BCUT2D eigenvalue weighted by molar-refractivity contribution is 0.0696. The van der Waals surface area contributed by atoms with Crippen molar-refractivity contribution >= 4 is 41.6 Å². The highest BCUT2D eigenvalue weighted by molar-refractivity contribution is 7.89. The second-order valence-electron chi connectivity index (χ2n) is 17.1. The molecule has 1 spiro atoms. The van der Waals surface area contributed by atoms with Crippen molar-refractivity contribution in [2.24, 2.45) is 17.0 Å². The van der Waals surface area contributed by atoms with E-state index in [0.29, 0.717) is 54.3 Å². The number of aromatic carboxylic acids is 1. The standard InChI is InChI=1S/C42H63ClN2O6SSi/c1-9-37(52(44,48)49)18-17-36(51-53(27(2)3,28(4)5)29(6)7)16-14-31-12-13-33(31)24-45-25-42(20-10-11-32-22-35(43)15-19-38(32)42)26-50-40-30(8)21-34(41(46)47)23-39(40)45/h14-16,19,21-23,27-29,31,33,36-37H,9-13,17-18,20,24-26H2,1-8H3,(H,46,47)(H2,44,48,49)/b16-14+/t31?,33?,36-,37-,42?/m1/s1. The van der Waals surface area contributed by atoms with Crippen molar-refractivity contribution in [2.45, 2.75) is 140 Å². The van der Waals surface area contributed by atoms with Gasteiger partial charge in [-0.05, 0) is 128 Å². The van der Waals surface area contributed by atoms with E-state index in [9.17, 15) is 18.3 Å². The van der Waals surface area contributed by atoms with Crippen LogP contribution in [-0.2, 0) is 26.3 Å². The van der Waals surface area contributed by atoms with Crippen LogP contribution in [0.5, 0.6) is 5.75 Å². The summed E-state index contributed by atoms with van der Waals surface area (Å²) in [6.07, 6.45) is 11.0. The molecule has 5 rings (SSSR count). The normalized spacial score (nSPS) is 23.2. The summed E-state index contributed by atoms with van der Waals surface area (Å²) in [6, 6.07) is 9.77. The van der Waals surface area contributed by atoms with E-state index in [2.05, 4.69) is 70.7 Å². The minimum atomic E-state index is -3.65. The maximum Gasteiger partial charge on any atom is 0.335 e. The highest BCUT2D eigenvalue weighted by atomic mass is 35.5. The molecule has 0 radical (unpaired) electrons. The summed E-state index contributed by atoms with van der Waals surface area (Å²) in [5, 5.41) is 15.9. The monoisotopic (exact) mass is 786 g/mol. The van der Waals surface area contributed by atoms with E-state index in [0.717, 1.165) is 67.2 Å². The smallest absolute Gasteiger partial charge is 0.335 e. The second-order valence-corrected chi connectivity index (χ2v) is 24.8. The van der Waals surface area contributed by atoms with E-state index in [1.54, 1.807) is 12.1 Å². The molecule has 1 saturated carbocycles. The van der Waals surface area contributed by atoms with Gasteiger partial charge < -0.3 is 19.2 Å². The molecule has 0 saturated heterocycles. The predicted molar refractivity (Wildman–Crippen MR) is 220 cm³/mol. The van der Waals surface area contributed by atoms with E-state index >= 15 is 0 Å². The summed E-state index contributed by atoms with van der Waals surface area (Å²) >= 11 is 6.47. The number of primary sulfonamides is 1. The summed E-state index contributed by atoms with van der Waals surface area (Å²) in [7, 11) is -5.92. The Morgan fingerprint density at radius 3 is 2.40 bits per heavy atom. The third kappa shape index (κ3) is 8.87. The Hall–Kier alpha value is -2.37. The number of allylic oxidation sites excluding steroid dienone is 1. The Bertz CT molecular complexity index is 1740. The fourth-order valence-corrected chi connectivity index (χ4v) is 16.6. The molecule has 1 aliphatic heterocycles. The van der Waals surface area contributed by atoms with Gasteiger partial charge in [0.2, 0.25) is 18.3 Å². The molecule has 2 aromatic rings. The molecule has 2 aliphatic carbocycles. The lowest BCUT2D eigenvalue weighted by Crippen LogP contribution is -2.50. The predicted octanol–water partition coefficient (Wildman–Crippen LogP) is 9.81. The number of rotatable bonds is 15. The minimum absolute atomic E-state index is 0.201. The van der Waals surface area contributed by atoms with Gasteiger partial charge in [-0.1, -0.05) is 78.3 Å². The third-order valence-corrected chi connectivity index (χ3v) is 20.7. The van der Waals surface area contributed by atoms with E-state index in [1.165, 1.54) is 11.1 Å². The Labute approximate surface area is 325 Å². The van der Waals surface area contributed by atoms with Gasteiger partial charge in [0.15, 0.2) is 0 Å². The summed E-state index contributed by atoms with van der Waals surface area (Å²) in [5.74, 6) is 0.497. The van der Waals surface area contributed by atoms with E-state index < -0.39 is 29.6 Å². The van der Waals surface area contributed by atoms with E-state index in [4.69, 9.17) is 25.9 Å². The van der Waals surface area contributed by atoms with Crippen molar-refractivity contribution in [2.75, 3.05) is 24.6 Å². The Morgan fingerprint density at radius 1 is 1.11 bits per heavy atom. The van der Waals surface area contributed by atoms with Crippen LogP contribution in [-0.4, -0.2) is 58.9 Å². The van der Waals surface area contributed by atoms with E-state index in [1.807, 2.05) is 19.9 Å². The highest BCUT2D eigenvalue weighted by Gasteiger charge is 2.47. The number of anilines is 1. The molecule has 3 N–H and O–H groups in total. The number of nitrogens with two attached hydrogens (primary N) is 1. The van der Waals surface area contributed by atoms with Crippen LogP contribution in [0.25, 0.3) is 0 Å². The van der Waals surface area contributed by atoms with Crippen molar-refractivity contribution in [1.29, 1.82) is 0 Å². The van der Waals surface area contributed by atoms with Crippen molar-refractivity contribution in [3.63, 3.8) is 0 Å². The Kier molecular flexibility index (Phi) is 13.2. The zero-order chi connectivity index (χ0) is 38.9. The van der Waals surface area contributed by atoms with Gasteiger partial charge in [0.1, 0.15) is 5.75 Å². The zero-order valence-electron chi connectivity index (χ0n) is 33.2. The number of halogens is 1. The number of nitrogens with zero attached hydrogens (tertiary/aromatic N) is 1. The van der Waals surface area contributed by atoms with Gasteiger partial charge in [-0.25, -0.2) is 18.4 Å². The molecule has 3 unspecified atom stereocenters. The van der Waals surface area contributed by atoms with Crippen LogP contribution in [0, 0.1) is 18.8 Å². The van der Waals surface area contributed by atoms with Gasteiger partial charge in [0.05, 0.1) is 29.2 Å². The molecule has 3 aliphatic rings. The quantitative estimate of drug-likeness (QED) is 0.136. The van der Waals surface area contributed by atoms with Crippen molar-refractivity contribution < 1.29 is 27.5 Å². The Balaban J connectivity index is 1.46. The van der Waals surface area contributed by atoms with Crippen LogP contribution < -0.4 is 14.8 Å². The van der Waals surface area contributed by atoms with Gasteiger partial charge in [0.25, 0.3) is 0 Å². The molecule has 0 aromatic heterocycles. The van der Waals surface area contributed by atoms with E-state index in [-0.39, 0.29) is 17.1 Å². The number of benzene rings is 2. The van der Waals surface area contributed by atoms with Gasteiger partial charge in [0, 0.05) is 23.5 Å². The molecule has 294 valence electrons. The van der Waals surface area contributed by atoms with Crippen LogP contribution in [0.3, 0.4) is 0 Å². The number of fused-ring (bicyclic) bond motifs is 3. The fourth-order valence-electron chi connectivity index (χ4n) is 9.96. The number of carbonyl (C=O) groups is 1. The molecule has 1 heterocycles. The number of carboxylic acid groups (broad SMARTS) is 1. The minimum Gasteiger partial charge on any atom is -0.490 e. The van der Waals surface area contributed by atoms with Gasteiger partial charge in [-0.15, -0.1) is 0 Å². The highest BCUT2D eigenvalue weighted by Crippen LogP contribution is 2.48. The van der Waals surface area contributed by atoms with Crippen LogP contribution in [0.2, 0.25) is 21.6 Å². The van der Waals surface area contributed by atoms with Crippen LogP contribution in [0.15, 0.2) is 42.5 Å². The number of aryl methyl sites for hydroxylation is 2. The number of carboxylic acids is 1. The number of sulfonamides is 1. The molecule has 53 heavy (non-hydrogen) atoms. The fraction of sp³-hybridized carbons (Fsp3) is 0.643. The lowest BCUT2D eigenvalue weighted by atomic mass is 9.69. The molecular formula is C42H63ClN2O6SSi. The summed E-state index contributed by atoms with van der Waals surface area (Å²) < 4.78 is 38.8. The number of ether oxygens (including phenoxy) is 1. The number of hydrogen-bond donors (Lipinski definition) is 2. The molecule has 1 fully saturated rings. The van der Waals surface area contributed by atoms with Gasteiger partial charge in [-0.2, -0.15) is 0 Å². The SMILES string of the molecule is CC[C@H](CC[C@@H](/C=C/C1CCC1CN1CC2(CCCc3cc(Cl)ccc32)COc2c(C)cc(C(=O)O)cc21)O[Si](C(C)C)(C(C)C)C(C)C)S(N)(=O)=O. The van der Waals surface area contributed by atoms with Crippen molar-refractivity contribution in [3.8, 4) is 5.75 Å². The molecule has 0 bridgehead atoms. The Morgan fingerprint density at radius 2 is 1.81 bits per heavy atom. The molecule has 5 atom stereocenters. The molecule has 2 aromatic carbocycles. The summed E-state index contributed by atoms with van der Waals surface area (Å²) in [4.78, 5) is 14.7. The largest absolute Gasteiger partial charge is 0.490 e. The lowest BCUT2D eigenvalue weighted by Gasteiger charge is -2.45. The average Bonchev–Trinajstić information content (AvgIpc) is 3.21. The van der Waals surface area contributed by atoms with Crippen LogP contribution in [0.1, 0.15) is 120 Å². The van der Waals surface area contributed by atoms with Crippen LogP contribution in [0.4, 0.5) is 5.69 Å². The third-order valence-electron chi connectivity index (χ3n) is 12.8. The summed E-state index contributed by atoms with van der Waals surface area (Å²) in [5.41, 5.74) is 5.44. The zero-order valence-corrected chi connectivity index (χ0v) is 35.7. The number of hydrogen-bond acceptors (Lipinski definition) is 6. The molecule has 8 nitrogen and oxygen atoms in total. The van der Waals surface area contributed by atoms with Gasteiger partial charge in [-0.3, -0.25) is 0 Å². The van der Waals surface area contributed by atoms with Gasteiger partial charge >= 0.3 is 5.97 Å². The van der Waals surface area contributed by atoms with Crippen molar-refractivity contribution in [3.05, 3.63) is 69.8 Å². The molecular weight excluding hydrogens is 724 g/mol. The van der Waals surface area contributed by atoms with Crippen molar-refractivity contribution in [1.82, 2.24) is 0 Å². The second kappa shape index (κ2) is 16.8. The maximum absolute atomic E-state index is 12.4. The topological polar surface area (TPSA) is 119 Å². The first-order valence-corrected chi connectivity index (χ1v) is 24.0. The van der Waals surface area contributed by atoms with Crippen LogP contribution >= 0.6 is 11.6 Å². The molecule has 11 heteroatoms. The summed E-state index contributed by atoms with van der Waals surface area (Å²) in [6.45, 7) is 19.5. The first-order chi connectivity index (χ1) is 24.9. The molecule has 0 amide bonds. The maximum atomic E-state index is 12.4. The first kappa shape index (κ1) is 41.8. The first-order valence-electron chi connectivity index (χ1n) is 19.8.